The number of rotatable bonds is 1. The molecule has 0 fully saturated rings. The van der Waals surface area contributed by atoms with Crippen LogP contribution in [-0.4, -0.2) is 0 Å². The van der Waals surface area contributed by atoms with Crippen molar-refractivity contribution in [1.29, 1.82) is 5.26 Å². The molecule has 0 aliphatic carbocycles. The second-order valence-corrected chi connectivity index (χ2v) is 1.95. The predicted octanol–water partition coefficient (Wildman–Crippen LogP) is 1.40. The molecular formula is C7H7ClFN3. The van der Waals surface area contributed by atoms with Crippen LogP contribution in [-0.2, 0) is 0 Å². The SMILES string of the molecule is Cl.N#Cc1ccc(F)cc1NN. The van der Waals surface area contributed by atoms with Crippen molar-refractivity contribution in [1.82, 2.24) is 0 Å². The standard InChI is InChI=1S/C7H6FN3.ClH/c8-6-2-1-5(4-9)7(3-6)11-10;/h1-3,11H,10H2;1H. The van der Waals surface area contributed by atoms with E-state index in [4.69, 9.17) is 11.1 Å². The van der Waals surface area contributed by atoms with Gasteiger partial charge >= 0.3 is 0 Å². The van der Waals surface area contributed by atoms with Crippen molar-refractivity contribution in [3.63, 3.8) is 0 Å². The summed E-state index contributed by atoms with van der Waals surface area (Å²) >= 11 is 0. The number of nitrogen functional groups attached to an aromatic ring is 1. The van der Waals surface area contributed by atoms with E-state index in [-0.39, 0.29) is 12.4 Å². The van der Waals surface area contributed by atoms with E-state index in [2.05, 4.69) is 5.43 Å². The Labute approximate surface area is 75.4 Å². The van der Waals surface area contributed by atoms with Crippen LogP contribution >= 0.6 is 12.4 Å². The Balaban J connectivity index is 0.00000121. The summed E-state index contributed by atoms with van der Waals surface area (Å²) < 4.78 is 12.5. The molecule has 64 valence electrons. The highest BCUT2D eigenvalue weighted by Gasteiger charge is 2.00. The molecule has 0 amide bonds. The summed E-state index contributed by atoms with van der Waals surface area (Å²) in [5.74, 6) is 4.61. The Hall–Kier alpha value is -1.31. The molecule has 0 unspecified atom stereocenters. The van der Waals surface area contributed by atoms with E-state index in [1.54, 1.807) is 0 Å². The quantitative estimate of drug-likeness (QED) is 0.516. The number of nitriles is 1. The Morgan fingerprint density at radius 3 is 2.67 bits per heavy atom. The molecule has 0 atom stereocenters. The lowest BCUT2D eigenvalue weighted by atomic mass is 10.2. The minimum Gasteiger partial charge on any atom is -0.323 e. The van der Waals surface area contributed by atoms with Gasteiger partial charge in [-0.15, -0.1) is 12.4 Å². The monoisotopic (exact) mass is 187 g/mol. The van der Waals surface area contributed by atoms with E-state index in [0.717, 1.165) is 0 Å². The van der Waals surface area contributed by atoms with Gasteiger partial charge in [-0.25, -0.2) is 4.39 Å². The van der Waals surface area contributed by atoms with Gasteiger partial charge in [-0.05, 0) is 18.2 Å². The normalized spacial score (nSPS) is 8.08. The first kappa shape index (κ1) is 10.7. The van der Waals surface area contributed by atoms with E-state index in [1.807, 2.05) is 6.07 Å². The van der Waals surface area contributed by atoms with Crippen molar-refractivity contribution in [2.45, 2.75) is 0 Å². The van der Waals surface area contributed by atoms with Crippen LogP contribution < -0.4 is 11.3 Å². The molecule has 3 nitrogen and oxygen atoms in total. The fourth-order valence-electron chi connectivity index (χ4n) is 0.733. The van der Waals surface area contributed by atoms with Crippen LogP contribution in [0.3, 0.4) is 0 Å². The second kappa shape index (κ2) is 4.54. The topological polar surface area (TPSA) is 61.8 Å². The maximum atomic E-state index is 12.5. The minimum atomic E-state index is -0.419. The lowest BCUT2D eigenvalue weighted by Gasteiger charge is -2.00. The first-order chi connectivity index (χ1) is 5.27. The maximum Gasteiger partial charge on any atom is 0.125 e. The molecule has 1 aromatic rings. The van der Waals surface area contributed by atoms with E-state index >= 15 is 0 Å². The molecule has 12 heavy (non-hydrogen) atoms. The van der Waals surface area contributed by atoms with Crippen molar-refractivity contribution >= 4 is 18.1 Å². The van der Waals surface area contributed by atoms with Crippen LogP contribution in [0.25, 0.3) is 0 Å². The summed E-state index contributed by atoms with van der Waals surface area (Å²) in [7, 11) is 0. The average Bonchev–Trinajstić information content (AvgIpc) is 2.04. The van der Waals surface area contributed by atoms with Crippen LogP contribution in [0.1, 0.15) is 5.56 Å². The number of hydrogen-bond acceptors (Lipinski definition) is 3. The van der Waals surface area contributed by atoms with Gasteiger partial charge in [0, 0.05) is 0 Å². The predicted molar refractivity (Wildman–Crippen MR) is 46.2 cm³/mol. The average molecular weight is 188 g/mol. The third-order valence-corrected chi connectivity index (χ3v) is 1.26. The van der Waals surface area contributed by atoms with E-state index in [1.165, 1.54) is 18.2 Å². The molecule has 3 N–H and O–H groups in total. The first-order valence-electron chi connectivity index (χ1n) is 2.94. The third kappa shape index (κ3) is 2.09. The molecule has 0 saturated carbocycles. The summed E-state index contributed by atoms with van der Waals surface area (Å²) in [4.78, 5) is 0. The Morgan fingerprint density at radius 2 is 2.17 bits per heavy atom. The number of benzene rings is 1. The number of hydrogen-bond donors (Lipinski definition) is 2. The van der Waals surface area contributed by atoms with Gasteiger partial charge in [0.1, 0.15) is 11.9 Å². The second-order valence-electron chi connectivity index (χ2n) is 1.95. The smallest absolute Gasteiger partial charge is 0.125 e. The van der Waals surface area contributed by atoms with Gasteiger partial charge in [0.05, 0.1) is 11.3 Å². The number of hydrazine groups is 1. The minimum absolute atomic E-state index is 0. The summed E-state index contributed by atoms with van der Waals surface area (Å²) in [5.41, 5.74) is 2.85. The fourth-order valence-corrected chi connectivity index (χ4v) is 0.733. The van der Waals surface area contributed by atoms with Gasteiger partial charge in [0.25, 0.3) is 0 Å². The first-order valence-corrected chi connectivity index (χ1v) is 2.94. The number of nitrogens with one attached hydrogen (secondary N) is 1. The molecule has 0 aliphatic rings. The molecule has 0 spiro atoms. The molecule has 0 heterocycles. The maximum absolute atomic E-state index is 12.5. The Morgan fingerprint density at radius 1 is 1.50 bits per heavy atom. The molecule has 0 radical (unpaired) electrons. The highest BCUT2D eigenvalue weighted by atomic mass is 35.5. The molecule has 0 bridgehead atoms. The van der Waals surface area contributed by atoms with Crippen molar-refractivity contribution in [2.75, 3.05) is 5.43 Å². The highest BCUT2D eigenvalue weighted by molar-refractivity contribution is 5.85. The number of nitrogens with two attached hydrogens (primary N) is 1. The van der Waals surface area contributed by atoms with E-state index in [9.17, 15) is 4.39 Å². The largest absolute Gasteiger partial charge is 0.323 e. The zero-order valence-electron chi connectivity index (χ0n) is 6.04. The zero-order chi connectivity index (χ0) is 8.27. The molecule has 1 rings (SSSR count). The molecule has 0 aliphatic heterocycles. The van der Waals surface area contributed by atoms with Crippen LogP contribution in [0, 0.1) is 17.1 Å². The van der Waals surface area contributed by atoms with Crippen LogP contribution in [0.15, 0.2) is 18.2 Å². The van der Waals surface area contributed by atoms with Crippen molar-refractivity contribution in [3.05, 3.63) is 29.6 Å². The lowest BCUT2D eigenvalue weighted by Crippen LogP contribution is -2.08. The zero-order valence-corrected chi connectivity index (χ0v) is 6.86. The van der Waals surface area contributed by atoms with Crippen LogP contribution in [0.4, 0.5) is 10.1 Å². The van der Waals surface area contributed by atoms with Crippen molar-refractivity contribution in [3.8, 4) is 6.07 Å². The summed E-state index contributed by atoms with van der Waals surface area (Å²) in [6.07, 6.45) is 0. The molecule has 5 heteroatoms. The van der Waals surface area contributed by atoms with E-state index < -0.39 is 5.82 Å². The van der Waals surface area contributed by atoms with Crippen molar-refractivity contribution in [2.24, 2.45) is 5.84 Å². The molecule has 0 aromatic heterocycles. The Bertz CT molecular complexity index is 308. The summed E-state index contributed by atoms with van der Waals surface area (Å²) in [6, 6.07) is 5.60. The van der Waals surface area contributed by atoms with Gasteiger partial charge in [-0.1, -0.05) is 0 Å². The lowest BCUT2D eigenvalue weighted by molar-refractivity contribution is 0.628. The van der Waals surface area contributed by atoms with Crippen LogP contribution in [0.2, 0.25) is 0 Å². The number of anilines is 1. The van der Waals surface area contributed by atoms with Gasteiger partial charge in [0.2, 0.25) is 0 Å². The summed E-state index contributed by atoms with van der Waals surface area (Å²) in [5, 5.41) is 8.47. The van der Waals surface area contributed by atoms with Crippen molar-refractivity contribution < 1.29 is 4.39 Å². The number of halogens is 2. The van der Waals surface area contributed by atoms with Gasteiger partial charge in [0.15, 0.2) is 0 Å². The Kier molecular flexibility index (Phi) is 4.05. The summed E-state index contributed by atoms with van der Waals surface area (Å²) in [6.45, 7) is 0. The molecular weight excluding hydrogens is 181 g/mol. The molecule has 1 aromatic carbocycles. The van der Waals surface area contributed by atoms with Crippen LogP contribution in [0.5, 0.6) is 0 Å². The molecule has 0 saturated heterocycles. The third-order valence-electron chi connectivity index (χ3n) is 1.26. The van der Waals surface area contributed by atoms with Gasteiger partial charge in [-0.2, -0.15) is 5.26 Å². The fraction of sp³-hybridized carbons (Fsp3) is 0. The van der Waals surface area contributed by atoms with E-state index in [0.29, 0.717) is 11.3 Å². The van der Waals surface area contributed by atoms with Gasteiger partial charge < -0.3 is 5.43 Å². The van der Waals surface area contributed by atoms with Gasteiger partial charge in [-0.3, -0.25) is 5.84 Å². The number of nitrogens with zero attached hydrogens (tertiary/aromatic N) is 1. The highest BCUT2D eigenvalue weighted by Crippen LogP contribution is 2.14.